The number of nitrogens with one attached hydrogen (secondary N) is 1. The summed E-state index contributed by atoms with van der Waals surface area (Å²) in [6.45, 7) is 7.41. The molecular weight excluding hydrogens is 306 g/mol. The van der Waals surface area contributed by atoms with Gasteiger partial charge in [-0.1, -0.05) is 13.3 Å². The number of halogens is 1. The van der Waals surface area contributed by atoms with Crippen LogP contribution in [-0.2, 0) is 11.3 Å². The molecule has 0 bridgehead atoms. The Kier molecular flexibility index (Phi) is 4.66. The molecule has 106 valence electrons. The number of hydrogen-bond acceptors (Lipinski definition) is 2. The van der Waals surface area contributed by atoms with Gasteiger partial charge in [-0.3, -0.25) is 9.48 Å². The Morgan fingerprint density at radius 1 is 1.53 bits per heavy atom. The number of hydrogen-bond donors (Lipinski definition) is 1. The number of amides is 1. The van der Waals surface area contributed by atoms with Gasteiger partial charge in [0.15, 0.2) is 0 Å². The van der Waals surface area contributed by atoms with E-state index in [0.717, 1.165) is 22.4 Å². The van der Waals surface area contributed by atoms with Gasteiger partial charge in [0.2, 0.25) is 5.91 Å². The highest BCUT2D eigenvalue weighted by atomic mass is 79.9. The van der Waals surface area contributed by atoms with Gasteiger partial charge >= 0.3 is 0 Å². The van der Waals surface area contributed by atoms with Crippen LogP contribution in [0.3, 0.4) is 0 Å². The average molecular weight is 328 g/mol. The molecule has 2 rings (SSSR count). The molecule has 1 fully saturated rings. The zero-order valence-electron chi connectivity index (χ0n) is 11.9. The van der Waals surface area contributed by atoms with Crippen molar-refractivity contribution in [3.05, 3.63) is 15.9 Å². The zero-order chi connectivity index (χ0) is 14.0. The number of nitrogens with zero attached hydrogens (tertiary/aromatic N) is 2. The van der Waals surface area contributed by atoms with Crippen molar-refractivity contribution >= 4 is 21.8 Å². The van der Waals surface area contributed by atoms with E-state index in [0.29, 0.717) is 12.5 Å². The highest BCUT2D eigenvalue weighted by Gasteiger charge is 2.21. The molecule has 4 nitrogen and oxygen atoms in total. The lowest BCUT2D eigenvalue weighted by Crippen LogP contribution is -2.36. The molecule has 1 saturated carbocycles. The summed E-state index contributed by atoms with van der Waals surface area (Å²) in [6, 6.07) is 0. The molecule has 1 aliphatic rings. The third-order valence-electron chi connectivity index (χ3n) is 3.98. The minimum atomic E-state index is -0.0509. The van der Waals surface area contributed by atoms with Crippen molar-refractivity contribution in [1.29, 1.82) is 0 Å². The molecule has 19 heavy (non-hydrogen) atoms. The fraction of sp³-hybridized carbons (Fsp3) is 0.714. The number of rotatable bonds is 5. The van der Waals surface area contributed by atoms with Crippen molar-refractivity contribution in [2.75, 3.05) is 6.54 Å². The van der Waals surface area contributed by atoms with Gasteiger partial charge in [-0.25, -0.2) is 0 Å². The summed E-state index contributed by atoms with van der Waals surface area (Å²) in [4.78, 5) is 12.0. The van der Waals surface area contributed by atoms with Crippen molar-refractivity contribution in [3.63, 3.8) is 0 Å². The van der Waals surface area contributed by atoms with Gasteiger partial charge in [0.25, 0.3) is 0 Å². The van der Waals surface area contributed by atoms with Crippen molar-refractivity contribution in [3.8, 4) is 0 Å². The third kappa shape index (κ3) is 3.38. The second kappa shape index (κ2) is 6.07. The lowest BCUT2D eigenvalue weighted by atomic mass is 9.85. The molecule has 0 radical (unpaired) electrons. The van der Waals surface area contributed by atoms with Crippen molar-refractivity contribution in [2.24, 2.45) is 11.8 Å². The normalized spacial score (nSPS) is 17.1. The van der Waals surface area contributed by atoms with Crippen LogP contribution in [0.15, 0.2) is 4.47 Å². The zero-order valence-corrected chi connectivity index (χ0v) is 13.5. The van der Waals surface area contributed by atoms with E-state index in [4.69, 9.17) is 0 Å². The van der Waals surface area contributed by atoms with Crippen molar-refractivity contribution in [2.45, 2.75) is 46.6 Å². The van der Waals surface area contributed by atoms with Gasteiger partial charge in [-0.15, -0.1) is 0 Å². The number of carbonyl (C=O) groups is 1. The van der Waals surface area contributed by atoms with Crippen molar-refractivity contribution in [1.82, 2.24) is 15.1 Å². The fourth-order valence-corrected chi connectivity index (χ4v) is 2.60. The molecule has 1 amide bonds. The van der Waals surface area contributed by atoms with E-state index in [-0.39, 0.29) is 11.8 Å². The Morgan fingerprint density at radius 2 is 2.21 bits per heavy atom. The maximum atomic E-state index is 12.0. The van der Waals surface area contributed by atoms with Gasteiger partial charge < -0.3 is 5.32 Å². The number of aromatic nitrogens is 2. The third-order valence-corrected chi connectivity index (χ3v) is 5.12. The minimum Gasteiger partial charge on any atom is -0.356 e. The first-order chi connectivity index (χ1) is 8.99. The van der Waals surface area contributed by atoms with E-state index in [1.54, 1.807) is 0 Å². The Bertz CT molecular complexity index is 466. The largest absolute Gasteiger partial charge is 0.356 e. The highest BCUT2D eigenvalue weighted by molar-refractivity contribution is 9.10. The maximum absolute atomic E-state index is 12.0. The first-order valence-corrected chi connectivity index (χ1v) is 7.75. The van der Waals surface area contributed by atoms with Gasteiger partial charge in [0.1, 0.15) is 0 Å². The molecule has 1 aromatic heterocycles. The molecule has 0 aromatic carbocycles. The van der Waals surface area contributed by atoms with E-state index in [9.17, 15) is 4.79 Å². The van der Waals surface area contributed by atoms with Crippen LogP contribution >= 0.6 is 15.9 Å². The Labute approximate surface area is 123 Å². The van der Waals surface area contributed by atoms with Crippen LogP contribution in [0.2, 0.25) is 0 Å². The number of carbonyl (C=O) groups excluding carboxylic acids is 1. The molecule has 0 spiro atoms. The summed E-state index contributed by atoms with van der Waals surface area (Å²) in [5, 5.41) is 7.50. The van der Waals surface area contributed by atoms with Crippen LogP contribution in [0, 0.1) is 25.7 Å². The van der Waals surface area contributed by atoms with Crippen LogP contribution in [0.5, 0.6) is 0 Å². The maximum Gasteiger partial charge on any atom is 0.224 e. The molecule has 1 heterocycles. The monoisotopic (exact) mass is 327 g/mol. The molecule has 0 aliphatic heterocycles. The lowest BCUT2D eigenvalue weighted by molar-refractivity contribution is -0.125. The lowest BCUT2D eigenvalue weighted by Gasteiger charge is -2.26. The summed E-state index contributed by atoms with van der Waals surface area (Å²) in [5.41, 5.74) is 2.05. The molecule has 1 atom stereocenters. The summed E-state index contributed by atoms with van der Waals surface area (Å²) >= 11 is 3.51. The standard InChI is InChI=1S/C14H22BrN3O/c1-9(14(19)16-7-12-5-4-6-12)8-18-11(3)13(15)10(2)17-18/h9,12H,4-8H2,1-3H3,(H,16,19)/t9-/m0/s1. The molecule has 1 N–H and O–H groups in total. The predicted octanol–water partition coefficient (Wildman–Crippen LogP) is 2.81. The molecule has 1 aromatic rings. The second-order valence-electron chi connectivity index (χ2n) is 5.61. The average Bonchev–Trinajstić information content (AvgIpc) is 2.55. The Hall–Kier alpha value is -0.840. The van der Waals surface area contributed by atoms with Crippen LogP contribution < -0.4 is 5.32 Å². The second-order valence-corrected chi connectivity index (χ2v) is 6.40. The Balaban J connectivity index is 1.86. The first kappa shape index (κ1) is 14.6. The van der Waals surface area contributed by atoms with E-state index < -0.39 is 0 Å². The topological polar surface area (TPSA) is 46.9 Å². The summed E-state index contributed by atoms with van der Waals surface area (Å²) in [6.07, 6.45) is 3.84. The van der Waals surface area contributed by atoms with Gasteiger partial charge in [0, 0.05) is 12.2 Å². The molecular formula is C14H22BrN3O. The first-order valence-electron chi connectivity index (χ1n) is 6.96. The van der Waals surface area contributed by atoms with Crippen molar-refractivity contribution < 1.29 is 4.79 Å². The van der Waals surface area contributed by atoms with E-state index in [2.05, 4.69) is 26.3 Å². The van der Waals surface area contributed by atoms with Crippen LogP contribution in [0.25, 0.3) is 0 Å². The van der Waals surface area contributed by atoms with E-state index in [1.165, 1.54) is 19.3 Å². The van der Waals surface area contributed by atoms with Crippen LogP contribution in [-0.4, -0.2) is 22.2 Å². The molecule has 0 unspecified atom stereocenters. The summed E-state index contributed by atoms with van der Waals surface area (Å²) in [7, 11) is 0. The predicted molar refractivity (Wildman–Crippen MR) is 78.9 cm³/mol. The Morgan fingerprint density at radius 3 is 2.68 bits per heavy atom. The SMILES string of the molecule is Cc1nn(C[C@H](C)C(=O)NCC2CCC2)c(C)c1Br. The molecule has 0 saturated heterocycles. The molecule has 1 aliphatic carbocycles. The smallest absolute Gasteiger partial charge is 0.224 e. The summed E-state index contributed by atoms with van der Waals surface area (Å²) in [5.74, 6) is 0.791. The fourth-order valence-electron chi connectivity index (χ4n) is 2.31. The van der Waals surface area contributed by atoms with Gasteiger partial charge in [-0.05, 0) is 48.5 Å². The van der Waals surface area contributed by atoms with E-state index in [1.807, 2.05) is 25.5 Å². The molecule has 5 heteroatoms. The highest BCUT2D eigenvalue weighted by Crippen LogP contribution is 2.25. The van der Waals surface area contributed by atoms with Gasteiger partial charge in [0.05, 0.1) is 22.6 Å². The number of aryl methyl sites for hydroxylation is 1. The summed E-state index contributed by atoms with van der Waals surface area (Å²) < 4.78 is 2.95. The minimum absolute atomic E-state index is 0.0509. The quantitative estimate of drug-likeness (QED) is 0.903. The van der Waals surface area contributed by atoms with Crippen LogP contribution in [0.4, 0.5) is 0 Å². The van der Waals surface area contributed by atoms with E-state index >= 15 is 0 Å². The van der Waals surface area contributed by atoms with Crippen LogP contribution in [0.1, 0.15) is 37.6 Å². The van der Waals surface area contributed by atoms with Gasteiger partial charge in [-0.2, -0.15) is 5.10 Å².